The number of nitrogens with one attached hydrogen (secondary N) is 2. The van der Waals surface area contributed by atoms with Gasteiger partial charge in [0, 0.05) is 29.5 Å². The van der Waals surface area contributed by atoms with E-state index in [9.17, 15) is 14.4 Å². The highest BCUT2D eigenvalue weighted by Crippen LogP contribution is 2.33. The smallest absolute Gasteiger partial charge is 0.310 e. The Morgan fingerprint density at radius 2 is 2.00 bits per heavy atom. The quantitative estimate of drug-likeness (QED) is 0.586. The van der Waals surface area contributed by atoms with Crippen molar-refractivity contribution in [3.63, 3.8) is 0 Å². The van der Waals surface area contributed by atoms with E-state index in [0.29, 0.717) is 24.4 Å². The first-order valence-corrected chi connectivity index (χ1v) is 13.4. The van der Waals surface area contributed by atoms with Crippen LogP contribution in [0.1, 0.15) is 56.3 Å². The fourth-order valence-corrected chi connectivity index (χ4v) is 6.46. The summed E-state index contributed by atoms with van der Waals surface area (Å²) in [5.41, 5.74) is 0.710. The van der Waals surface area contributed by atoms with E-state index in [0.717, 1.165) is 23.4 Å². The van der Waals surface area contributed by atoms with Crippen molar-refractivity contribution in [3.8, 4) is 10.6 Å². The maximum Gasteiger partial charge on any atom is 0.310 e. The maximum absolute atomic E-state index is 13.3. The SMILES string of the molecule is COC(=O)[C@@H]1C[C@H](NC(C)(C)C)CC[C@@H]1N1CC[C@H](NC(=O)c2nc(-c3cccs3)cs2)C1=O. The first kappa shape index (κ1) is 24.8. The molecule has 1 aliphatic heterocycles. The lowest BCUT2D eigenvalue weighted by Gasteiger charge is -2.41. The fourth-order valence-electron chi connectivity index (χ4n) is 4.98. The molecule has 3 heterocycles. The predicted octanol–water partition coefficient (Wildman–Crippen LogP) is 3.30. The van der Waals surface area contributed by atoms with Crippen molar-refractivity contribution >= 4 is 40.5 Å². The number of nitrogens with zero attached hydrogens (tertiary/aromatic N) is 2. The van der Waals surface area contributed by atoms with Gasteiger partial charge in [-0.25, -0.2) is 4.98 Å². The molecule has 0 aromatic carbocycles. The summed E-state index contributed by atoms with van der Waals surface area (Å²) in [7, 11) is 1.40. The average Bonchev–Trinajstić information content (AvgIpc) is 3.54. The molecule has 2 fully saturated rings. The Balaban J connectivity index is 1.40. The van der Waals surface area contributed by atoms with Crippen LogP contribution in [-0.4, -0.2) is 65.0 Å². The lowest BCUT2D eigenvalue weighted by atomic mass is 9.80. The van der Waals surface area contributed by atoms with Gasteiger partial charge in [-0.1, -0.05) is 6.07 Å². The molecule has 1 aliphatic carbocycles. The zero-order valence-corrected chi connectivity index (χ0v) is 21.6. The van der Waals surface area contributed by atoms with Gasteiger partial charge in [-0.15, -0.1) is 22.7 Å². The van der Waals surface area contributed by atoms with Crippen LogP contribution in [0.25, 0.3) is 10.6 Å². The Morgan fingerprint density at radius 3 is 2.68 bits per heavy atom. The van der Waals surface area contributed by atoms with Crippen LogP contribution in [0, 0.1) is 5.92 Å². The number of hydrogen-bond donors (Lipinski definition) is 2. The Labute approximate surface area is 208 Å². The van der Waals surface area contributed by atoms with Gasteiger partial charge in [-0.05, 0) is 57.9 Å². The van der Waals surface area contributed by atoms with Gasteiger partial charge in [-0.2, -0.15) is 0 Å². The largest absolute Gasteiger partial charge is 0.469 e. The summed E-state index contributed by atoms with van der Waals surface area (Å²) in [6.45, 7) is 6.83. The molecule has 0 radical (unpaired) electrons. The van der Waals surface area contributed by atoms with Crippen LogP contribution in [0.5, 0.6) is 0 Å². The normalized spacial score (nSPS) is 25.4. The van der Waals surface area contributed by atoms with Gasteiger partial charge in [0.1, 0.15) is 6.04 Å². The molecule has 4 atom stereocenters. The monoisotopic (exact) mass is 504 g/mol. The predicted molar refractivity (Wildman–Crippen MR) is 133 cm³/mol. The van der Waals surface area contributed by atoms with Crippen molar-refractivity contribution in [2.45, 2.75) is 70.1 Å². The van der Waals surface area contributed by atoms with E-state index in [2.05, 4.69) is 36.4 Å². The minimum absolute atomic E-state index is 0.0593. The topological polar surface area (TPSA) is 101 Å². The van der Waals surface area contributed by atoms with Gasteiger partial charge < -0.3 is 20.3 Å². The zero-order valence-electron chi connectivity index (χ0n) is 20.0. The van der Waals surface area contributed by atoms with E-state index < -0.39 is 6.04 Å². The minimum atomic E-state index is -0.606. The van der Waals surface area contributed by atoms with Crippen LogP contribution < -0.4 is 10.6 Å². The van der Waals surface area contributed by atoms with Gasteiger partial charge in [0.25, 0.3) is 5.91 Å². The summed E-state index contributed by atoms with van der Waals surface area (Å²) in [5.74, 6) is -1.14. The summed E-state index contributed by atoms with van der Waals surface area (Å²) < 4.78 is 5.09. The van der Waals surface area contributed by atoms with Crippen LogP contribution >= 0.6 is 22.7 Å². The van der Waals surface area contributed by atoms with E-state index in [1.807, 2.05) is 22.9 Å². The van der Waals surface area contributed by atoms with Gasteiger partial charge in [-0.3, -0.25) is 14.4 Å². The number of thiazole rings is 1. The number of esters is 1. The second kappa shape index (κ2) is 10.1. The minimum Gasteiger partial charge on any atom is -0.469 e. The summed E-state index contributed by atoms with van der Waals surface area (Å²) in [6, 6.07) is 3.27. The molecule has 0 spiro atoms. The van der Waals surface area contributed by atoms with E-state index >= 15 is 0 Å². The third kappa shape index (κ3) is 5.50. The summed E-state index contributed by atoms with van der Waals surface area (Å²) in [5, 5.41) is 10.6. The van der Waals surface area contributed by atoms with Crippen LogP contribution in [0.3, 0.4) is 0 Å². The molecule has 0 bridgehead atoms. The molecule has 184 valence electrons. The standard InChI is InChI=1S/C24H32N4O4S2/c1-24(2,3)27-14-7-8-18(15(12-14)23(31)32-4)28-10-9-16(22(28)30)25-20(29)21-26-17(13-34-21)19-6-5-11-33-19/h5-6,11,13-16,18,27H,7-10,12H2,1-4H3,(H,25,29)/t14-,15-,16+,18+/m1/s1. The summed E-state index contributed by atoms with van der Waals surface area (Å²) >= 11 is 2.84. The second-order valence-corrected chi connectivity index (χ2v) is 11.8. The third-order valence-corrected chi connectivity index (χ3v) is 8.11. The van der Waals surface area contributed by atoms with Crippen LogP contribution in [0.4, 0.5) is 0 Å². The molecule has 2 aromatic rings. The van der Waals surface area contributed by atoms with E-state index in [1.165, 1.54) is 18.4 Å². The van der Waals surface area contributed by atoms with Crippen molar-refractivity contribution in [3.05, 3.63) is 27.9 Å². The first-order valence-electron chi connectivity index (χ1n) is 11.6. The number of thiophene rings is 1. The van der Waals surface area contributed by atoms with Crippen LogP contribution in [0.2, 0.25) is 0 Å². The third-order valence-electron chi connectivity index (χ3n) is 6.37. The van der Waals surface area contributed by atoms with Crippen molar-refractivity contribution in [1.82, 2.24) is 20.5 Å². The van der Waals surface area contributed by atoms with Crippen molar-refractivity contribution in [2.75, 3.05) is 13.7 Å². The van der Waals surface area contributed by atoms with E-state index in [-0.39, 0.29) is 41.3 Å². The molecular weight excluding hydrogens is 472 g/mol. The van der Waals surface area contributed by atoms with Crippen LogP contribution in [0.15, 0.2) is 22.9 Å². The highest BCUT2D eigenvalue weighted by Gasteiger charge is 2.45. The highest BCUT2D eigenvalue weighted by molar-refractivity contribution is 7.15. The summed E-state index contributed by atoms with van der Waals surface area (Å²) in [4.78, 5) is 45.9. The number of methoxy groups -OCH3 is 1. The molecule has 1 saturated heterocycles. The van der Waals surface area contributed by atoms with E-state index in [4.69, 9.17) is 4.74 Å². The Hall–Kier alpha value is -2.30. The number of ether oxygens (including phenoxy) is 1. The van der Waals surface area contributed by atoms with Gasteiger partial charge in [0.15, 0.2) is 5.01 Å². The highest BCUT2D eigenvalue weighted by atomic mass is 32.1. The maximum atomic E-state index is 13.3. The zero-order chi connectivity index (χ0) is 24.5. The molecule has 8 nitrogen and oxygen atoms in total. The molecule has 1 saturated carbocycles. The Bertz CT molecular complexity index is 1030. The number of aromatic nitrogens is 1. The average molecular weight is 505 g/mol. The molecule has 10 heteroatoms. The molecule has 2 N–H and O–H groups in total. The number of rotatable bonds is 6. The molecule has 4 rings (SSSR count). The lowest BCUT2D eigenvalue weighted by molar-refractivity contribution is -0.151. The Morgan fingerprint density at radius 1 is 1.21 bits per heavy atom. The molecule has 0 unspecified atom stereocenters. The molecular formula is C24H32N4O4S2. The number of carbonyl (C=O) groups is 3. The number of carbonyl (C=O) groups excluding carboxylic acids is 3. The molecule has 34 heavy (non-hydrogen) atoms. The number of likely N-dealkylation sites (tertiary alicyclic amines) is 1. The van der Waals surface area contributed by atoms with Crippen molar-refractivity contribution in [1.29, 1.82) is 0 Å². The van der Waals surface area contributed by atoms with Gasteiger partial charge in [0.2, 0.25) is 5.91 Å². The molecule has 2 amide bonds. The van der Waals surface area contributed by atoms with Crippen LogP contribution in [-0.2, 0) is 14.3 Å². The second-order valence-electron chi connectivity index (χ2n) is 9.96. The lowest BCUT2D eigenvalue weighted by Crippen LogP contribution is -2.55. The molecule has 2 aliphatic rings. The van der Waals surface area contributed by atoms with Crippen molar-refractivity contribution < 1.29 is 19.1 Å². The molecule has 2 aromatic heterocycles. The summed E-state index contributed by atoms with van der Waals surface area (Å²) in [6.07, 6.45) is 2.74. The number of amides is 2. The fraction of sp³-hybridized carbons (Fsp3) is 0.583. The van der Waals surface area contributed by atoms with Gasteiger partial charge >= 0.3 is 5.97 Å². The first-order chi connectivity index (χ1) is 16.2. The Kier molecular flexibility index (Phi) is 7.39. The number of hydrogen-bond acceptors (Lipinski definition) is 8. The van der Waals surface area contributed by atoms with Crippen molar-refractivity contribution in [2.24, 2.45) is 5.92 Å². The van der Waals surface area contributed by atoms with Gasteiger partial charge in [0.05, 0.1) is 23.6 Å². The van der Waals surface area contributed by atoms with E-state index in [1.54, 1.807) is 16.2 Å².